The summed E-state index contributed by atoms with van der Waals surface area (Å²) in [4.78, 5) is 11.5. The number of carbonyl (C=O) groups excluding carboxylic acids is 1. The van der Waals surface area contributed by atoms with Gasteiger partial charge in [-0.15, -0.1) is 0 Å². The Hall–Kier alpha value is -2.22. The Labute approximate surface area is 164 Å². The van der Waals surface area contributed by atoms with Crippen molar-refractivity contribution in [2.24, 2.45) is 0 Å². The molecule has 0 saturated carbocycles. The molecule has 0 unspecified atom stereocenters. The number of halogens is 1. The van der Waals surface area contributed by atoms with Crippen molar-refractivity contribution < 1.29 is 27.1 Å². The van der Waals surface area contributed by atoms with Crippen molar-refractivity contribution in [2.75, 3.05) is 20.7 Å². The van der Waals surface area contributed by atoms with Crippen LogP contribution in [0.2, 0.25) is 5.02 Å². The van der Waals surface area contributed by atoms with Crippen LogP contribution >= 0.6 is 11.6 Å². The molecule has 0 aromatic heterocycles. The van der Waals surface area contributed by atoms with Crippen LogP contribution in [0.25, 0.3) is 0 Å². The van der Waals surface area contributed by atoms with Crippen LogP contribution in [0, 0.1) is 6.92 Å². The van der Waals surface area contributed by atoms with E-state index in [1.54, 1.807) is 36.4 Å². The SMILES string of the molecule is CC(OCC(=O)c1ccc(Cl)cc1)=[N+](C)C.Cc1ccc(S(=O)(=O)[O-])cc1. The monoisotopic (exact) mass is 411 g/mol. The lowest BCUT2D eigenvalue weighted by molar-refractivity contribution is -0.474. The number of ketones is 1. The Morgan fingerprint density at radius 3 is 2.04 bits per heavy atom. The van der Waals surface area contributed by atoms with E-state index < -0.39 is 10.1 Å². The molecule has 0 atom stereocenters. The van der Waals surface area contributed by atoms with E-state index in [0.717, 1.165) is 5.56 Å². The third-order valence-electron chi connectivity index (χ3n) is 3.52. The second-order valence-electron chi connectivity index (χ2n) is 5.90. The first-order valence-electron chi connectivity index (χ1n) is 7.95. The van der Waals surface area contributed by atoms with Crippen molar-refractivity contribution in [2.45, 2.75) is 18.7 Å². The summed E-state index contributed by atoms with van der Waals surface area (Å²) >= 11 is 5.73. The number of hydrogen-bond donors (Lipinski definition) is 0. The van der Waals surface area contributed by atoms with Crippen LogP contribution in [0.3, 0.4) is 0 Å². The van der Waals surface area contributed by atoms with Crippen LogP contribution in [0.15, 0.2) is 53.4 Å². The molecule has 0 aliphatic rings. The van der Waals surface area contributed by atoms with Crippen LogP contribution in [0.4, 0.5) is 0 Å². The molecule has 6 nitrogen and oxygen atoms in total. The number of rotatable bonds is 4. The maximum Gasteiger partial charge on any atom is 0.333 e. The van der Waals surface area contributed by atoms with Crippen LogP contribution in [0.1, 0.15) is 22.8 Å². The summed E-state index contributed by atoms with van der Waals surface area (Å²) in [5.41, 5.74) is 1.54. The van der Waals surface area contributed by atoms with E-state index in [4.69, 9.17) is 16.3 Å². The molecule has 0 amide bonds. The van der Waals surface area contributed by atoms with E-state index >= 15 is 0 Å². The van der Waals surface area contributed by atoms with Gasteiger partial charge in [0.05, 0.1) is 11.8 Å². The van der Waals surface area contributed by atoms with Gasteiger partial charge in [-0.2, -0.15) is 0 Å². The van der Waals surface area contributed by atoms with Gasteiger partial charge in [-0.25, -0.2) is 13.0 Å². The molecule has 0 bridgehead atoms. The van der Waals surface area contributed by atoms with Crippen molar-refractivity contribution in [1.29, 1.82) is 0 Å². The third kappa shape index (κ3) is 8.34. The number of aryl methyl sites for hydroxylation is 1. The van der Waals surface area contributed by atoms with Crippen LogP contribution in [-0.4, -0.2) is 49.9 Å². The van der Waals surface area contributed by atoms with E-state index in [1.807, 2.05) is 32.5 Å². The minimum absolute atomic E-state index is 0.0473. The minimum Gasteiger partial charge on any atom is -0.744 e. The molecule has 0 saturated heterocycles. The average molecular weight is 412 g/mol. The molecule has 0 fully saturated rings. The van der Waals surface area contributed by atoms with Gasteiger partial charge in [0.2, 0.25) is 0 Å². The molecule has 0 N–H and O–H groups in total. The van der Waals surface area contributed by atoms with Gasteiger partial charge in [-0.05, 0) is 43.3 Å². The van der Waals surface area contributed by atoms with E-state index in [1.165, 1.54) is 12.1 Å². The fourth-order valence-electron chi connectivity index (χ4n) is 1.72. The van der Waals surface area contributed by atoms with Crippen molar-refractivity contribution in [3.05, 3.63) is 64.7 Å². The van der Waals surface area contributed by atoms with Gasteiger partial charge in [-0.3, -0.25) is 4.79 Å². The van der Waals surface area contributed by atoms with Gasteiger partial charge in [0.25, 0.3) is 0 Å². The van der Waals surface area contributed by atoms with Crippen molar-refractivity contribution in [3.8, 4) is 0 Å². The zero-order valence-electron chi connectivity index (χ0n) is 15.6. The second-order valence-corrected chi connectivity index (χ2v) is 7.72. The molecular weight excluding hydrogens is 390 g/mol. The molecule has 0 spiro atoms. The molecular formula is C19H22ClNO5S. The zero-order chi connectivity index (χ0) is 20.6. The molecule has 0 heterocycles. The molecule has 0 aliphatic heterocycles. The van der Waals surface area contributed by atoms with Gasteiger partial charge < -0.3 is 9.29 Å². The Balaban J connectivity index is 0.000000289. The lowest BCUT2D eigenvalue weighted by atomic mass is 10.1. The minimum atomic E-state index is -4.27. The van der Waals surface area contributed by atoms with Gasteiger partial charge in [0.1, 0.15) is 24.2 Å². The predicted molar refractivity (Wildman–Crippen MR) is 104 cm³/mol. The number of carbonyl (C=O) groups is 1. The molecule has 146 valence electrons. The molecule has 2 aromatic rings. The van der Waals surface area contributed by atoms with Gasteiger partial charge in [-0.1, -0.05) is 29.3 Å². The number of ether oxygens (including phenoxy) is 1. The first-order chi connectivity index (χ1) is 12.5. The summed E-state index contributed by atoms with van der Waals surface area (Å²) in [7, 11) is -0.543. The van der Waals surface area contributed by atoms with Gasteiger partial charge >= 0.3 is 5.90 Å². The topological polar surface area (TPSA) is 86.5 Å². The maximum absolute atomic E-state index is 11.7. The van der Waals surface area contributed by atoms with Crippen molar-refractivity contribution in [3.63, 3.8) is 0 Å². The van der Waals surface area contributed by atoms with E-state index in [0.29, 0.717) is 16.5 Å². The molecule has 2 rings (SSSR count). The molecule has 8 heteroatoms. The molecule has 0 radical (unpaired) electrons. The Bertz CT molecular complexity index is 900. The fourth-order valence-corrected chi connectivity index (χ4v) is 2.32. The normalized spacial score (nSPS) is 10.4. The van der Waals surface area contributed by atoms with E-state index in [-0.39, 0.29) is 17.3 Å². The Kier molecular flexibility index (Phi) is 8.62. The zero-order valence-corrected chi connectivity index (χ0v) is 17.2. The largest absolute Gasteiger partial charge is 0.744 e. The summed E-state index contributed by atoms with van der Waals surface area (Å²) < 4.78 is 38.3. The van der Waals surface area contributed by atoms with Crippen molar-refractivity contribution in [1.82, 2.24) is 0 Å². The highest BCUT2D eigenvalue weighted by molar-refractivity contribution is 7.85. The smallest absolute Gasteiger partial charge is 0.333 e. The summed E-state index contributed by atoms with van der Waals surface area (Å²) in [6.07, 6.45) is 0. The summed E-state index contributed by atoms with van der Waals surface area (Å²) in [6.45, 7) is 3.68. The highest BCUT2D eigenvalue weighted by Gasteiger charge is 2.09. The van der Waals surface area contributed by atoms with Crippen LogP contribution in [0.5, 0.6) is 0 Å². The first kappa shape index (κ1) is 22.8. The molecule has 2 aromatic carbocycles. The maximum atomic E-state index is 11.7. The highest BCUT2D eigenvalue weighted by Crippen LogP contribution is 2.10. The van der Waals surface area contributed by atoms with Crippen LogP contribution < -0.4 is 0 Å². The fraction of sp³-hybridized carbons (Fsp3) is 0.263. The number of nitrogens with zero attached hydrogens (tertiary/aromatic N) is 1. The molecule has 0 aliphatic carbocycles. The second kappa shape index (κ2) is 10.2. The Morgan fingerprint density at radius 1 is 1.07 bits per heavy atom. The first-order valence-corrected chi connectivity index (χ1v) is 9.74. The van der Waals surface area contributed by atoms with Crippen molar-refractivity contribution >= 4 is 33.4 Å². The van der Waals surface area contributed by atoms with Gasteiger partial charge in [0.15, 0.2) is 12.4 Å². The standard InChI is InChI=1S/C12H15ClNO2.C7H8O3S/c1-9(14(2)3)16-8-12(15)10-4-6-11(13)7-5-10;1-6-2-4-7(5-3-6)11(8,9)10/h4-7H,8H2,1-3H3;2-5H,1H3,(H,8,9,10)/q+1;/p-1. The lowest BCUT2D eigenvalue weighted by Gasteiger charge is -2.05. The van der Waals surface area contributed by atoms with Crippen LogP contribution in [-0.2, 0) is 14.9 Å². The number of Topliss-reactive ketones (excluding diaryl/α,β-unsaturated/α-hetero) is 1. The Morgan fingerprint density at radius 2 is 1.59 bits per heavy atom. The number of hydrogen-bond acceptors (Lipinski definition) is 5. The quantitative estimate of drug-likeness (QED) is 0.253. The van der Waals surface area contributed by atoms with E-state index in [9.17, 15) is 17.8 Å². The summed E-state index contributed by atoms with van der Waals surface area (Å²) in [5.74, 6) is 0.653. The third-order valence-corrected chi connectivity index (χ3v) is 4.62. The summed E-state index contributed by atoms with van der Waals surface area (Å²) in [6, 6.07) is 12.6. The lowest BCUT2D eigenvalue weighted by Crippen LogP contribution is -2.18. The molecule has 27 heavy (non-hydrogen) atoms. The average Bonchev–Trinajstić information content (AvgIpc) is 2.60. The van der Waals surface area contributed by atoms with E-state index in [2.05, 4.69) is 0 Å². The number of benzene rings is 2. The predicted octanol–water partition coefficient (Wildman–Crippen LogP) is 3.13. The summed E-state index contributed by atoms with van der Waals surface area (Å²) in [5, 5.41) is 0.619. The van der Waals surface area contributed by atoms with Gasteiger partial charge in [0, 0.05) is 10.6 Å². The highest BCUT2D eigenvalue weighted by atomic mass is 35.5.